The molecule has 1 heterocycles. The number of esters is 1. The third kappa shape index (κ3) is 4.25. The van der Waals surface area contributed by atoms with Crippen molar-refractivity contribution in [2.24, 2.45) is 0 Å². The van der Waals surface area contributed by atoms with Gasteiger partial charge in [0.05, 0.1) is 17.1 Å². The van der Waals surface area contributed by atoms with Gasteiger partial charge in [-0.15, -0.1) is 0 Å². The number of nitrogens with zero attached hydrogens (tertiary/aromatic N) is 3. The van der Waals surface area contributed by atoms with E-state index in [4.69, 9.17) is 4.74 Å². The standard InChI is InChI=1S/C24H23N3O5/c1-2-32-24(29)20-9-10-21(22(16-20)27(30)31)25-11-13-26(14-12-25)23(28)19-8-7-17-5-3-4-6-18(17)15-19/h3-10,15-16H,2,11-14H2,1H3. The molecular weight excluding hydrogens is 410 g/mol. The summed E-state index contributed by atoms with van der Waals surface area (Å²) in [5.41, 5.74) is 1.06. The van der Waals surface area contributed by atoms with Gasteiger partial charge in [0.25, 0.3) is 11.6 Å². The van der Waals surface area contributed by atoms with Gasteiger partial charge in [-0.05, 0) is 42.0 Å². The average Bonchev–Trinajstić information content (AvgIpc) is 2.83. The Kier molecular flexibility index (Phi) is 6.02. The van der Waals surface area contributed by atoms with E-state index >= 15 is 0 Å². The van der Waals surface area contributed by atoms with Crippen molar-refractivity contribution in [1.29, 1.82) is 0 Å². The summed E-state index contributed by atoms with van der Waals surface area (Å²) in [7, 11) is 0. The first kappa shape index (κ1) is 21.3. The van der Waals surface area contributed by atoms with Crippen LogP contribution in [0.3, 0.4) is 0 Å². The first-order chi connectivity index (χ1) is 15.5. The highest BCUT2D eigenvalue weighted by atomic mass is 16.6. The maximum absolute atomic E-state index is 13.0. The summed E-state index contributed by atoms with van der Waals surface area (Å²) in [4.78, 5) is 39.7. The third-order valence-electron chi connectivity index (χ3n) is 5.59. The van der Waals surface area contributed by atoms with Crippen LogP contribution in [0.2, 0.25) is 0 Å². The Hall–Kier alpha value is -3.94. The van der Waals surface area contributed by atoms with Crippen LogP contribution in [0.25, 0.3) is 10.8 Å². The second kappa shape index (κ2) is 9.05. The zero-order valence-corrected chi connectivity index (χ0v) is 17.7. The molecule has 1 fully saturated rings. The van der Waals surface area contributed by atoms with E-state index < -0.39 is 10.9 Å². The molecule has 0 aromatic heterocycles. The molecular formula is C24H23N3O5. The molecule has 0 bridgehead atoms. The number of piperazine rings is 1. The number of rotatable bonds is 5. The molecule has 3 aromatic carbocycles. The monoisotopic (exact) mass is 433 g/mol. The van der Waals surface area contributed by atoms with Crippen molar-refractivity contribution in [3.63, 3.8) is 0 Å². The minimum absolute atomic E-state index is 0.0532. The lowest BCUT2D eigenvalue weighted by atomic mass is 10.1. The van der Waals surface area contributed by atoms with Crippen LogP contribution < -0.4 is 4.90 Å². The summed E-state index contributed by atoms with van der Waals surface area (Å²) in [6, 6.07) is 17.9. The van der Waals surface area contributed by atoms with Crippen LogP contribution in [-0.2, 0) is 4.74 Å². The zero-order valence-electron chi connectivity index (χ0n) is 17.7. The van der Waals surface area contributed by atoms with Crippen molar-refractivity contribution in [3.8, 4) is 0 Å². The zero-order chi connectivity index (χ0) is 22.7. The maximum Gasteiger partial charge on any atom is 0.338 e. The number of hydrogen-bond donors (Lipinski definition) is 0. The number of amides is 1. The molecule has 4 rings (SSSR count). The Morgan fingerprint density at radius 3 is 2.31 bits per heavy atom. The van der Waals surface area contributed by atoms with E-state index in [1.807, 2.05) is 47.4 Å². The molecule has 164 valence electrons. The molecule has 8 nitrogen and oxygen atoms in total. The van der Waals surface area contributed by atoms with E-state index in [-0.39, 0.29) is 23.8 Å². The molecule has 0 spiro atoms. The van der Waals surface area contributed by atoms with Crippen LogP contribution in [0.5, 0.6) is 0 Å². The molecule has 32 heavy (non-hydrogen) atoms. The molecule has 1 aliphatic heterocycles. The minimum Gasteiger partial charge on any atom is -0.462 e. The van der Waals surface area contributed by atoms with Crippen molar-refractivity contribution in [3.05, 3.63) is 81.9 Å². The van der Waals surface area contributed by atoms with Crippen molar-refractivity contribution in [2.75, 3.05) is 37.7 Å². The second-order valence-electron chi connectivity index (χ2n) is 7.52. The van der Waals surface area contributed by atoms with E-state index in [9.17, 15) is 19.7 Å². The molecule has 0 atom stereocenters. The fourth-order valence-electron chi connectivity index (χ4n) is 3.93. The predicted molar refractivity (Wildman–Crippen MR) is 121 cm³/mol. The van der Waals surface area contributed by atoms with Crippen molar-refractivity contribution < 1.29 is 19.2 Å². The summed E-state index contributed by atoms with van der Waals surface area (Å²) in [6.07, 6.45) is 0. The first-order valence-electron chi connectivity index (χ1n) is 10.5. The van der Waals surface area contributed by atoms with Crippen LogP contribution in [0.15, 0.2) is 60.7 Å². The Labute approximate surface area is 185 Å². The van der Waals surface area contributed by atoms with Crippen molar-refractivity contribution >= 4 is 34.0 Å². The first-order valence-corrected chi connectivity index (χ1v) is 10.5. The predicted octanol–water partition coefficient (Wildman–Crippen LogP) is 3.89. The van der Waals surface area contributed by atoms with Gasteiger partial charge >= 0.3 is 5.97 Å². The molecule has 0 unspecified atom stereocenters. The number of benzene rings is 3. The Morgan fingerprint density at radius 2 is 1.62 bits per heavy atom. The number of ether oxygens (including phenoxy) is 1. The molecule has 1 saturated heterocycles. The second-order valence-corrected chi connectivity index (χ2v) is 7.52. The van der Waals surface area contributed by atoms with Crippen LogP contribution >= 0.6 is 0 Å². The Morgan fingerprint density at radius 1 is 0.938 bits per heavy atom. The average molecular weight is 433 g/mol. The number of carbonyl (C=O) groups is 2. The van der Waals surface area contributed by atoms with E-state index in [1.54, 1.807) is 17.9 Å². The van der Waals surface area contributed by atoms with Crippen molar-refractivity contribution in [2.45, 2.75) is 6.92 Å². The molecule has 0 aliphatic carbocycles. The van der Waals surface area contributed by atoms with E-state index in [2.05, 4.69) is 0 Å². The number of hydrogen-bond acceptors (Lipinski definition) is 6. The normalized spacial score (nSPS) is 13.8. The number of carbonyl (C=O) groups excluding carboxylic acids is 2. The summed E-state index contributed by atoms with van der Waals surface area (Å²) in [5.74, 6) is -0.643. The Balaban J connectivity index is 1.48. The van der Waals surface area contributed by atoms with Gasteiger partial charge in [-0.3, -0.25) is 14.9 Å². The van der Waals surface area contributed by atoms with Gasteiger partial charge in [0.1, 0.15) is 5.69 Å². The largest absolute Gasteiger partial charge is 0.462 e. The van der Waals surface area contributed by atoms with Crippen LogP contribution in [0, 0.1) is 10.1 Å². The molecule has 8 heteroatoms. The van der Waals surface area contributed by atoms with Gasteiger partial charge < -0.3 is 14.5 Å². The van der Waals surface area contributed by atoms with E-state index in [1.165, 1.54) is 12.1 Å². The summed E-state index contributed by atoms with van der Waals surface area (Å²) >= 11 is 0. The summed E-state index contributed by atoms with van der Waals surface area (Å²) in [5, 5.41) is 13.7. The summed E-state index contributed by atoms with van der Waals surface area (Å²) < 4.78 is 4.94. The molecule has 0 radical (unpaired) electrons. The smallest absolute Gasteiger partial charge is 0.338 e. The number of nitro groups is 1. The van der Waals surface area contributed by atoms with Gasteiger partial charge in [-0.2, -0.15) is 0 Å². The number of fused-ring (bicyclic) bond motifs is 1. The number of anilines is 1. The topological polar surface area (TPSA) is 93.0 Å². The van der Waals surface area contributed by atoms with E-state index in [0.717, 1.165) is 10.8 Å². The van der Waals surface area contributed by atoms with Crippen LogP contribution in [0.1, 0.15) is 27.6 Å². The lowest BCUT2D eigenvalue weighted by molar-refractivity contribution is -0.384. The molecule has 0 N–H and O–H groups in total. The molecule has 1 aliphatic rings. The lowest BCUT2D eigenvalue weighted by Crippen LogP contribution is -2.49. The summed E-state index contributed by atoms with van der Waals surface area (Å²) in [6.45, 7) is 3.68. The fraction of sp³-hybridized carbons (Fsp3) is 0.250. The lowest BCUT2D eigenvalue weighted by Gasteiger charge is -2.36. The van der Waals surface area contributed by atoms with Crippen LogP contribution in [-0.4, -0.2) is 54.5 Å². The maximum atomic E-state index is 13.0. The quantitative estimate of drug-likeness (QED) is 0.344. The molecule has 3 aromatic rings. The van der Waals surface area contributed by atoms with Gasteiger partial charge in [-0.25, -0.2) is 4.79 Å². The SMILES string of the molecule is CCOC(=O)c1ccc(N2CCN(C(=O)c3ccc4ccccc4c3)CC2)c([N+](=O)[O-])c1. The van der Waals surface area contributed by atoms with Gasteiger partial charge in [0.2, 0.25) is 0 Å². The van der Waals surface area contributed by atoms with Gasteiger partial charge in [0.15, 0.2) is 0 Å². The highest BCUT2D eigenvalue weighted by Crippen LogP contribution is 2.30. The fourth-order valence-corrected chi connectivity index (χ4v) is 3.93. The van der Waals surface area contributed by atoms with Crippen LogP contribution in [0.4, 0.5) is 11.4 Å². The molecule has 1 amide bonds. The highest BCUT2D eigenvalue weighted by molar-refractivity contribution is 5.98. The Bertz CT molecular complexity index is 1190. The third-order valence-corrected chi connectivity index (χ3v) is 5.59. The van der Waals surface area contributed by atoms with E-state index in [0.29, 0.717) is 37.4 Å². The van der Waals surface area contributed by atoms with Gasteiger partial charge in [0, 0.05) is 37.8 Å². The number of nitro benzene ring substituents is 1. The highest BCUT2D eigenvalue weighted by Gasteiger charge is 2.27. The molecule has 0 saturated carbocycles. The minimum atomic E-state index is -0.590. The van der Waals surface area contributed by atoms with Gasteiger partial charge in [-0.1, -0.05) is 30.3 Å². The van der Waals surface area contributed by atoms with Crippen molar-refractivity contribution in [1.82, 2.24) is 4.90 Å².